The second kappa shape index (κ2) is 3.46. The normalized spacial score (nSPS) is 10.9. The summed E-state index contributed by atoms with van der Waals surface area (Å²) in [6.45, 7) is 0. The van der Waals surface area contributed by atoms with Crippen LogP contribution in [0, 0.1) is 0 Å². The molecule has 0 aliphatic carbocycles. The molecule has 1 aromatic heterocycles. The van der Waals surface area contributed by atoms with Crippen LogP contribution in [0.2, 0.25) is 0 Å². The molecule has 0 aliphatic heterocycles. The molecule has 0 atom stereocenters. The molecule has 1 aromatic carbocycles. The lowest BCUT2D eigenvalue weighted by Crippen LogP contribution is -1.92. The van der Waals surface area contributed by atoms with Crippen molar-refractivity contribution in [2.75, 3.05) is 6.26 Å². The number of nitrogens with zero attached hydrogens (tertiary/aromatic N) is 1. The first-order chi connectivity index (χ1) is 6.33. The predicted molar refractivity (Wildman–Crippen MR) is 60.1 cm³/mol. The maximum Gasteiger partial charge on any atom is 0.0480 e. The summed E-state index contributed by atoms with van der Waals surface area (Å²) < 4.78 is 2.27. The van der Waals surface area contributed by atoms with E-state index in [1.165, 1.54) is 16.6 Å². The van der Waals surface area contributed by atoms with Gasteiger partial charge < -0.3 is 4.57 Å². The van der Waals surface area contributed by atoms with Crippen LogP contribution in [0.1, 0.15) is 5.69 Å². The van der Waals surface area contributed by atoms with Crippen LogP contribution in [0.25, 0.3) is 10.9 Å². The third-order valence-corrected chi connectivity index (χ3v) is 2.93. The molecule has 0 radical (unpaired) electrons. The topological polar surface area (TPSA) is 4.93 Å². The van der Waals surface area contributed by atoms with Gasteiger partial charge in [0, 0.05) is 24.0 Å². The van der Waals surface area contributed by atoms with Crippen molar-refractivity contribution in [1.82, 2.24) is 4.57 Å². The van der Waals surface area contributed by atoms with Crippen molar-refractivity contribution in [3.8, 4) is 0 Å². The zero-order chi connectivity index (χ0) is 9.26. The van der Waals surface area contributed by atoms with Crippen LogP contribution in [-0.4, -0.2) is 10.8 Å². The summed E-state index contributed by atoms with van der Waals surface area (Å²) in [6.07, 6.45) is 2.14. The summed E-state index contributed by atoms with van der Waals surface area (Å²) >= 11 is 1.86. The molecule has 0 N–H and O–H groups in total. The average molecular weight is 191 g/mol. The van der Waals surface area contributed by atoms with Crippen molar-refractivity contribution in [3.05, 3.63) is 36.0 Å². The largest absolute Gasteiger partial charge is 0.347 e. The molecular formula is C11H13NS. The van der Waals surface area contributed by atoms with E-state index in [0.29, 0.717) is 0 Å². The van der Waals surface area contributed by atoms with Crippen LogP contribution < -0.4 is 0 Å². The summed E-state index contributed by atoms with van der Waals surface area (Å²) in [6, 6.07) is 10.8. The Morgan fingerprint density at radius 1 is 1.31 bits per heavy atom. The van der Waals surface area contributed by atoms with E-state index >= 15 is 0 Å². The summed E-state index contributed by atoms with van der Waals surface area (Å²) in [5, 5.41) is 1.34. The summed E-state index contributed by atoms with van der Waals surface area (Å²) in [7, 11) is 2.13. The minimum Gasteiger partial charge on any atom is -0.347 e. The number of fused-ring (bicyclic) bond motifs is 1. The number of hydrogen-bond donors (Lipinski definition) is 0. The maximum absolute atomic E-state index is 2.27. The molecule has 0 aliphatic rings. The molecule has 2 aromatic rings. The molecule has 13 heavy (non-hydrogen) atoms. The van der Waals surface area contributed by atoms with Crippen LogP contribution in [0.3, 0.4) is 0 Å². The lowest BCUT2D eigenvalue weighted by atomic mass is 10.2. The van der Waals surface area contributed by atoms with E-state index in [1.54, 1.807) is 0 Å². The summed E-state index contributed by atoms with van der Waals surface area (Å²) in [5.41, 5.74) is 2.72. The molecule has 0 spiro atoms. The van der Waals surface area contributed by atoms with Crippen LogP contribution in [0.15, 0.2) is 30.3 Å². The minimum atomic E-state index is 1.09. The monoisotopic (exact) mass is 191 g/mol. The zero-order valence-electron chi connectivity index (χ0n) is 7.95. The highest BCUT2D eigenvalue weighted by Crippen LogP contribution is 2.20. The Kier molecular flexibility index (Phi) is 2.32. The van der Waals surface area contributed by atoms with Crippen LogP contribution >= 0.6 is 11.8 Å². The Morgan fingerprint density at radius 3 is 2.77 bits per heavy atom. The van der Waals surface area contributed by atoms with Crippen molar-refractivity contribution >= 4 is 22.7 Å². The first-order valence-electron chi connectivity index (χ1n) is 4.35. The third kappa shape index (κ3) is 1.46. The fraction of sp³-hybridized carbons (Fsp3) is 0.273. The van der Waals surface area contributed by atoms with Gasteiger partial charge in [-0.05, 0) is 23.8 Å². The molecule has 2 rings (SSSR count). The number of thioether (sulfide) groups is 1. The third-order valence-electron chi connectivity index (χ3n) is 2.34. The molecule has 68 valence electrons. The van der Waals surface area contributed by atoms with E-state index < -0.39 is 0 Å². The van der Waals surface area contributed by atoms with Gasteiger partial charge in [0.2, 0.25) is 0 Å². The molecule has 0 saturated heterocycles. The number of aryl methyl sites for hydroxylation is 1. The smallest absolute Gasteiger partial charge is 0.0480 e. The van der Waals surface area contributed by atoms with Gasteiger partial charge in [-0.15, -0.1) is 0 Å². The molecule has 0 amide bonds. The van der Waals surface area contributed by atoms with E-state index in [9.17, 15) is 0 Å². The standard InChI is InChI=1S/C11H13NS/c1-12-10(8-13-2)7-9-5-3-4-6-11(9)12/h3-7H,8H2,1-2H3. The molecule has 1 nitrogen and oxygen atoms in total. The number of benzene rings is 1. The Hall–Kier alpha value is -0.890. The highest BCUT2D eigenvalue weighted by Gasteiger charge is 2.02. The van der Waals surface area contributed by atoms with Gasteiger partial charge in [-0.1, -0.05) is 18.2 Å². The Balaban J connectivity index is 2.60. The Bertz CT molecular complexity index is 417. The van der Waals surface area contributed by atoms with Crippen LogP contribution in [-0.2, 0) is 12.8 Å². The SMILES string of the molecule is CSCc1cc2ccccc2n1C. The van der Waals surface area contributed by atoms with E-state index in [1.807, 2.05) is 11.8 Å². The van der Waals surface area contributed by atoms with Gasteiger partial charge in [-0.25, -0.2) is 0 Å². The van der Waals surface area contributed by atoms with E-state index in [-0.39, 0.29) is 0 Å². The minimum absolute atomic E-state index is 1.09. The van der Waals surface area contributed by atoms with Gasteiger partial charge in [-0.2, -0.15) is 11.8 Å². The van der Waals surface area contributed by atoms with Crippen molar-refractivity contribution in [1.29, 1.82) is 0 Å². The highest BCUT2D eigenvalue weighted by molar-refractivity contribution is 7.97. The van der Waals surface area contributed by atoms with Crippen LogP contribution in [0.4, 0.5) is 0 Å². The van der Waals surface area contributed by atoms with Gasteiger partial charge in [-0.3, -0.25) is 0 Å². The fourth-order valence-corrected chi connectivity index (χ4v) is 2.21. The van der Waals surface area contributed by atoms with Gasteiger partial charge in [0.05, 0.1) is 0 Å². The zero-order valence-corrected chi connectivity index (χ0v) is 8.77. The van der Waals surface area contributed by atoms with Gasteiger partial charge >= 0.3 is 0 Å². The molecule has 2 heteroatoms. The molecule has 0 bridgehead atoms. The van der Waals surface area contributed by atoms with Crippen molar-refractivity contribution in [2.45, 2.75) is 5.75 Å². The molecule has 0 unspecified atom stereocenters. The number of hydrogen-bond acceptors (Lipinski definition) is 1. The van der Waals surface area contributed by atoms with E-state index in [4.69, 9.17) is 0 Å². The molecule has 0 saturated carbocycles. The lowest BCUT2D eigenvalue weighted by Gasteiger charge is -2.00. The van der Waals surface area contributed by atoms with E-state index in [0.717, 1.165) is 5.75 Å². The summed E-state index contributed by atoms with van der Waals surface area (Å²) in [5.74, 6) is 1.09. The van der Waals surface area contributed by atoms with Crippen molar-refractivity contribution < 1.29 is 0 Å². The Labute approximate surface area is 82.8 Å². The number of aromatic nitrogens is 1. The summed E-state index contributed by atoms with van der Waals surface area (Å²) in [4.78, 5) is 0. The quantitative estimate of drug-likeness (QED) is 0.706. The molecule has 0 fully saturated rings. The number of para-hydroxylation sites is 1. The highest BCUT2D eigenvalue weighted by atomic mass is 32.2. The first-order valence-corrected chi connectivity index (χ1v) is 5.74. The predicted octanol–water partition coefficient (Wildman–Crippen LogP) is 3.04. The fourth-order valence-electron chi connectivity index (χ4n) is 1.63. The van der Waals surface area contributed by atoms with Gasteiger partial charge in [0.25, 0.3) is 0 Å². The van der Waals surface area contributed by atoms with Crippen LogP contribution in [0.5, 0.6) is 0 Å². The lowest BCUT2D eigenvalue weighted by molar-refractivity contribution is 0.910. The van der Waals surface area contributed by atoms with Gasteiger partial charge in [0.1, 0.15) is 0 Å². The van der Waals surface area contributed by atoms with Gasteiger partial charge in [0.15, 0.2) is 0 Å². The van der Waals surface area contributed by atoms with Crippen molar-refractivity contribution in [3.63, 3.8) is 0 Å². The number of rotatable bonds is 2. The molecule has 1 heterocycles. The van der Waals surface area contributed by atoms with Crippen molar-refractivity contribution in [2.24, 2.45) is 7.05 Å². The average Bonchev–Trinajstić information content (AvgIpc) is 2.46. The molecular weight excluding hydrogens is 178 g/mol. The second-order valence-electron chi connectivity index (χ2n) is 3.19. The Morgan fingerprint density at radius 2 is 2.08 bits per heavy atom. The maximum atomic E-state index is 2.27. The second-order valence-corrected chi connectivity index (χ2v) is 4.05. The first kappa shape index (κ1) is 8.70. The van der Waals surface area contributed by atoms with E-state index in [2.05, 4.69) is 48.2 Å².